The van der Waals surface area contributed by atoms with E-state index in [0.717, 1.165) is 32.7 Å². The summed E-state index contributed by atoms with van der Waals surface area (Å²) in [6, 6.07) is 10.1. The molecular formula is C23H24Cl3N3O4. The van der Waals surface area contributed by atoms with Gasteiger partial charge in [0.05, 0.1) is 33.3 Å². The number of β-amino-alcohol motifs (C(OH)–C–C–N with tert-alkyl or cyclic N) is 1. The molecule has 0 aliphatic carbocycles. The molecule has 1 amide bonds. The molecule has 7 nitrogen and oxygen atoms in total. The van der Waals surface area contributed by atoms with E-state index in [4.69, 9.17) is 34.8 Å². The van der Waals surface area contributed by atoms with Crippen LogP contribution in [0.3, 0.4) is 0 Å². The molecule has 2 saturated heterocycles. The zero-order valence-corrected chi connectivity index (χ0v) is 20.0. The van der Waals surface area contributed by atoms with E-state index in [0.29, 0.717) is 11.6 Å². The van der Waals surface area contributed by atoms with E-state index in [1.54, 1.807) is 0 Å². The lowest BCUT2D eigenvalue weighted by molar-refractivity contribution is 0.0423. The number of hydrogen-bond acceptors (Lipinski definition) is 5. The molecule has 2 fully saturated rings. The van der Waals surface area contributed by atoms with E-state index < -0.39 is 18.0 Å². The predicted octanol–water partition coefficient (Wildman–Crippen LogP) is 3.35. The van der Waals surface area contributed by atoms with Crippen molar-refractivity contribution in [3.05, 3.63) is 68.2 Å². The maximum Gasteiger partial charge on any atom is 0.336 e. The van der Waals surface area contributed by atoms with Crippen LogP contribution in [0.15, 0.2) is 36.4 Å². The molecule has 0 saturated carbocycles. The number of benzene rings is 2. The van der Waals surface area contributed by atoms with Crippen LogP contribution in [0.25, 0.3) is 0 Å². The molecular weight excluding hydrogens is 489 g/mol. The smallest absolute Gasteiger partial charge is 0.336 e. The Morgan fingerprint density at radius 2 is 1.52 bits per heavy atom. The first kappa shape index (κ1) is 24.3. The van der Waals surface area contributed by atoms with E-state index in [2.05, 4.69) is 9.80 Å². The summed E-state index contributed by atoms with van der Waals surface area (Å²) in [5.41, 5.74) is 0.960. The summed E-state index contributed by atoms with van der Waals surface area (Å²) in [5.74, 6) is -1.74. The molecule has 10 heteroatoms. The van der Waals surface area contributed by atoms with Crippen LogP contribution < -0.4 is 0 Å². The number of aliphatic hydroxyl groups is 1. The summed E-state index contributed by atoms with van der Waals surface area (Å²) < 4.78 is 0. The number of aromatic carboxylic acids is 1. The van der Waals surface area contributed by atoms with E-state index in [-0.39, 0.29) is 33.8 Å². The Labute approximate surface area is 207 Å². The highest BCUT2D eigenvalue weighted by atomic mass is 35.5. The number of rotatable bonds is 5. The van der Waals surface area contributed by atoms with Gasteiger partial charge in [0.25, 0.3) is 5.91 Å². The van der Waals surface area contributed by atoms with Crippen LogP contribution in [0, 0.1) is 0 Å². The molecule has 2 aliphatic rings. The first-order valence-corrected chi connectivity index (χ1v) is 11.8. The van der Waals surface area contributed by atoms with Crippen molar-refractivity contribution in [2.45, 2.75) is 18.7 Å². The van der Waals surface area contributed by atoms with Gasteiger partial charge in [0.15, 0.2) is 0 Å². The second-order valence-electron chi connectivity index (χ2n) is 8.40. The van der Waals surface area contributed by atoms with Crippen LogP contribution in [-0.4, -0.2) is 88.2 Å². The average molecular weight is 513 g/mol. The topological polar surface area (TPSA) is 84.3 Å². The lowest BCUT2D eigenvalue weighted by atomic mass is 10.1. The van der Waals surface area contributed by atoms with Gasteiger partial charge in [-0.15, -0.1) is 0 Å². The summed E-state index contributed by atoms with van der Waals surface area (Å²) in [4.78, 5) is 30.8. The van der Waals surface area contributed by atoms with Gasteiger partial charge in [-0.1, -0.05) is 46.9 Å². The van der Waals surface area contributed by atoms with Gasteiger partial charge < -0.3 is 15.1 Å². The lowest BCUT2D eigenvalue weighted by Gasteiger charge is -2.38. The number of carboxylic acid groups (broad SMARTS) is 1. The number of likely N-dealkylation sites (tertiary alicyclic amines) is 1. The van der Waals surface area contributed by atoms with Gasteiger partial charge in [0.2, 0.25) is 0 Å². The average Bonchev–Trinajstić information content (AvgIpc) is 3.18. The molecule has 0 aromatic heterocycles. The summed E-state index contributed by atoms with van der Waals surface area (Å²) in [5, 5.41) is 21.1. The minimum Gasteiger partial charge on any atom is -0.478 e. The highest BCUT2D eigenvalue weighted by Gasteiger charge is 2.39. The number of carboxylic acids is 1. The first-order chi connectivity index (χ1) is 15.7. The third-order valence-corrected chi connectivity index (χ3v) is 7.24. The highest BCUT2D eigenvalue weighted by Crippen LogP contribution is 2.28. The number of carbonyl (C=O) groups excluding carboxylic acids is 1. The van der Waals surface area contributed by atoms with Crippen LogP contribution in [-0.2, 0) is 6.54 Å². The summed E-state index contributed by atoms with van der Waals surface area (Å²) >= 11 is 17.9. The minimum absolute atomic E-state index is 0.0301. The van der Waals surface area contributed by atoms with Gasteiger partial charge >= 0.3 is 5.97 Å². The van der Waals surface area contributed by atoms with Crippen molar-refractivity contribution in [3.8, 4) is 0 Å². The van der Waals surface area contributed by atoms with E-state index in [1.165, 1.54) is 22.6 Å². The fourth-order valence-electron chi connectivity index (χ4n) is 4.47. The lowest BCUT2D eigenvalue weighted by Crippen LogP contribution is -2.53. The quantitative estimate of drug-likeness (QED) is 0.639. The van der Waals surface area contributed by atoms with Crippen molar-refractivity contribution in [2.75, 3.05) is 39.3 Å². The fourth-order valence-corrected chi connectivity index (χ4v) is 4.92. The monoisotopic (exact) mass is 511 g/mol. The fraction of sp³-hybridized carbons (Fsp3) is 0.391. The Hall–Kier alpha value is -1.87. The second kappa shape index (κ2) is 10.2. The molecule has 2 N–H and O–H groups in total. The summed E-state index contributed by atoms with van der Waals surface area (Å²) in [6.07, 6.45) is -0.715. The number of piperazine rings is 1. The number of halogens is 3. The van der Waals surface area contributed by atoms with E-state index >= 15 is 0 Å². The second-order valence-corrected chi connectivity index (χ2v) is 9.65. The predicted molar refractivity (Wildman–Crippen MR) is 127 cm³/mol. The van der Waals surface area contributed by atoms with Crippen LogP contribution in [0.2, 0.25) is 15.1 Å². The van der Waals surface area contributed by atoms with Gasteiger partial charge in [0, 0.05) is 50.8 Å². The molecule has 2 aromatic rings. The third kappa shape index (κ3) is 5.45. The van der Waals surface area contributed by atoms with Gasteiger partial charge in [-0.05, 0) is 29.8 Å². The molecule has 0 spiro atoms. The van der Waals surface area contributed by atoms with Gasteiger partial charge in [-0.2, -0.15) is 0 Å². The first-order valence-electron chi connectivity index (χ1n) is 10.6. The Bertz CT molecular complexity index is 1040. The zero-order valence-electron chi connectivity index (χ0n) is 17.8. The number of hydrogen-bond donors (Lipinski definition) is 2. The third-order valence-electron chi connectivity index (χ3n) is 6.26. The number of nitrogens with zero attached hydrogens (tertiary/aromatic N) is 3. The molecule has 2 atom stereocenters. The van der Waals surface area contributed by atoms with Crippen molar-refractivity contribution in [2.24, 2.45) is 0 Å². The number of amides is 1. The minimum atomic E-state index is -1.26. The SMILES string of the molecule is O=C(O)c1cc(Cl)c(Cl)cc1C(=O)N1C[C@@H](O)[C@H](N2CCN(Cc3ccc(Cl)cc3)CC2)C1. The van der Waals surface area contributed by atoms with Crippen molar-refractivity contribution >= 4 is 46.7 Å². The maximum atomic E-state index is 13.1. The molecule has 0 unspecified atom stereocenters. The molecule has 2 aliphatic heterocycles. The van der Waals surface area contributed by atoms with Crippen LogP contribution >= 0.6 is 34.8 Å². The standard InChI is InChI=1S/C23H24Cl3N3O4/c24-15-3-1-14(2-4-15)11-27-5-7-28(8-6-27)20-12-29(13-21(20)30)22(31)16-9-18(25)19(26)10-17(16)23(32)33/h1-4,9-10,20-21,30H,5-8,11-13H2,(H,32,33)/t20-,21-/m1/s1. The van der Waals surface area contributed by atoms with Crippen molar-refractivity contribution in [1.29, 1.82) is 0 Å². The van der Waals surface area contributed by atoms with Crippen LogP contribution in [0.4, 0.5) is 0 Å². The molecule has 2 aromatic carbocycles. The molecule has 4 rings (SSSR count). The maximum absolute atomic E-state index is 13.1. The van der Waals surface area contributed by atoms with Gasteiger partial charge in [-0.3, -0.25) is 14.6 Å². The van der Waals surface area contributed by atoms with Crippen molar-refractivity contribution in [1.82, 2.24) is 14.7 Å². The van der Waals surface area contributed by atoms with E-state index in [1.807, 2.05) is 24.3 Å². The highest BCUT2D eigenvalue weighted by molar-refractivity contribution is 6.42. The number of aliphatic hydroxyl groups excluding tert-OH is 1. The molecule has 2 heterocycles. The molecule has 176 valence electrons. The van der Waals surface area contributed by atoms with Gasteiger partial charge in [-0.25, -0.2) is 4.79 Å². The normalized spacial score (nSPS) is 22.0. The van der Waals surface area contributed by atoms with Crippen molar-refractivity contribution in [3.63, 3.8) is 0 Å². The Morgan fingerprint density at radius 3 is 2.12 bits per heavy atom. The van der Waals surface area contributed by atoms with E-state index in [9.17, 15) is 19.8 Å². The Morgan fingerprint density at radius 1 is 0.909 bits per heavy atom. The molecule has 0 bridgehead atoms. The Kier molecular flexibility index (Phi) is 7.48. The number of carbonyl (C=O) groups is 2. The van der Waals surface area contributed by atoms with Crippen LogP contribution in [0.1, 0.15) is 26.3 Å². The largest absolute Gasteiger partial charge is 0.478 e. The van der Waals surface area contributed by atoms with Gasteiger partial charge in [0.1, 0.15) is 0 Å². The zero-order chi connectivity index (χ0) is 23.7. The summed E-state index contributed by atoms with van der Waals surface area (Å²) in [6.45, 7) is 4.50. The molecule has 0 radical (unpaired) electrons. The Balaban J connectivity index is 1.38. The molecule has 33 heavy (non-hydrogen) atoms. The van der Waals surface area contributed by atoms with Crippen LogP contribution in [0.5, 0.6) is 0 Å². The van der Waals surface area contributed by atoms with Crippen molar-refractivity contribution < 1.29 is 19.8 Å². The summed E-state index contributed by atoms with van der Waals surface area (Å²) in [7, 11) is 0.